The number of hydrogen-bond acceptors (Lipinski definition) is 4. The normalized spacial score (nSPS) is 22.5. The molecule has 2 aliphatic rings. The van der Waals surface area contributed by atoms with Gasteiger partial charge >= 0.3 is 6.03 Å². The number of amides is 4. The molecule has 0 bridgehead atoms. The number of hydrogen-bond donors (Lipinski definition) is 2. The Morgan fingerprint density at radius 2 is 2.11 bits per heavy atom. The third kappa shape index (κ3) is 2.89. The van der Waals surface area contributed by atoms with E-state index in [1.54, 1.807) is 19.1 Å². The van der Waals surface area contributed by atoms with E-state index in [2.05, 4.69) is 10.6 Å². The van der Waals surface area contributed by atoms with Crippen molar-refractivity contribution in [2.24, 2.45) is 0 Å². The van der Waals surface area contributed by atoms with Gasteiger partial charge in [-0.05, 0) is 49.4 Å². The second kappa shape index (κ2) is 6.57. The molecule has 0 saturated carbocycles. The van der Waals surface area contributed by atoms with Gasteiger partial charge in [0.2, 0.25) is 5.91 Å². The topological polar surface area (TPSA) is 91.7 Å². The predicted octanol–water partition coefficient (Wildman–Crippen LogP) is 2.24. The summed E-state index contributed by atoms with van der Waals surface area (Å²) in [5.74, 6) is -0.165. The number of aryl methyl sites for hydroxylation is 1. The van der Waals surface area contributed by atoms with Gasteiger partial charge < -0.3 is 15.1 Å². The molecule has 140 valence electrons. The second-order valence-corrected chi connectivity index (χ2v) is 7.04. The molecule has 1 saturated heterocycles. The Morgan fingerprint density at radius 3 is 2.89 bits per heavy atom. The third-order valence-electron chi connectivity index (χ3n) is 5.30. The van der Waals surface area contributed by atoms with E-state index in [1.165, 1.54) is 6.26 Å². The van der Waals surface area contributed by atoms with E-state index in [-0.39, 0.29) is 18.5 Å². The lowest BCUT2D eigenvalue weighted by molar-refractivity contribution is -0.135. The number of nitrogens with one attached hydrogen (secondary N) is 2. The van der Waals surface area contributed by atoms with Gasteiger partial charge in [-0.2, -0.15) is 0 Å². The highest BCUT2D eigenvalue weighted by Crippen LogP contribution is 2.39. The fourth-order valence-corrected chi connectivity index (χ4v) is 3.99. The maximum absolute atomic E-state index is 13.1. The van der Waals surface area contributed by atoms with E-state index >= 15 is 0 Å². The Balaban J connectivity index is 1.52. The van der Waals surface area contributed by atoms with Crippen LogP contribution >= 0.6 is 0 Å². The van der Waals surface area contributed by atoms with Crippen molar-refractivity contribution in [1.82, 2.24) is 15.5 Å². The Bertz CT molecular complexity index is 892. The summed E-state index contributed by atoms with van der Waals surface area (Å²) < 4.78 is 5.26. The van der Waals surface area contributed by atoms with Crippen molar-refractivity contribution in [3.63, 3.8) is 0 Å². The van der Waals surface area contributed by atoms with Crippen LogP contribution < -0.4 is 10.6 Å². The molecule has 2 N–H and O–H groups in total. The predicted molar refractivity (Wildman–Crippen MR) is 96.6 cm³/mol. The van der Waals surface area contributed by atoms with Crippen molar-refractivity contribution in [2.45, 2.75) is 37.8 Å². The summed E-state index contributed by atoms with van der Waals surface area (Å²) >= 11 is 0. The van der Waals surface area contributed by atoms with Crippen LogP contribution in [0.4, 0.5) is 4.79 Å². The summed E-state index contributed by atoms with van der Waals surface area (Å²) in [6.07, 6.45) is 3.75. The van der Waals surface area contributed by atoms with Gasteiger partial charge in [-0.15, -0.1) is 0 Å². The van der Waals surface area contributed by atoms with Gasteiger partial charge in [0.05, 0.1) is 12.3 Å². The molecule has 4 rings (SSSR count). The lowest BCUT2D eigenvalue weighted by Gasteiger charge is -2.33. The molecule has 0 unspecified atom stereocenters. The first kappa shape index (κ1) is 17.3. The number of nitrogens with zero attached hydrogens (tertiary/aromatic N) is 1. The third-order valence-corrected chi connectivity index (χ3v) is 5.30. The molecule has 4 amide bonds. The average Bonchev–Trinajstić information content (AvgIpc) is 3.27. The molecule has 7 nitrogen and oxygen atoms in total. The summed E-state index contributed by atoms with van der Waals surface area (Å²) in [6.45, 7) is 1.46. The first-order valence-corrected chi connectivity index (χ1v) is 9.06. The molecule has 2 aromatic rings. The quantitative estimate of drug-likeness (QED) is 0.811. The van der Waals surface area contributed by atoms with E-state index < -0.39 is 17.5 Å². The maximum atomic E-state index is 13.1. The first-order chi connectivity index (χ1) is 13.0. The van der Waals surface area contributed by atoms with Crippen molar-refractivity contribution in [3.05, 3.63) is 59.5 Å². The molecular formula is C20H21N3O4. The molecule has 1 aromatic heterocycles. The van der Waals surface area contributed by atoms with Gasteiger partial charge in [-0.25, -0.2) is 4.79 Å². The number of urea groups is 1. The highest BCUT2D eigenvalue weighted by atomic mass is 16.3. The van der Waals surface area contributed by atoms with Crippen LogP contribution in [-0.2, 0) is 21.5 Å². The smallest absolute Gasteiger partial charge is 0.325 e. The molecule has 7 heteroatoms. The molecule has 2 atom stereocenters. The SMILES string of the molecule is C[C@@H](NC(=O)CN1C(=O)N[C@@]2(CCCc3ccccc32)C1=O)c1ccco1. The van der Waals surface area contributed by atoms with Crippen LogP contribution in [-0.4, -0.2) is 29.3 Å². The minimum atomic E-state index is -1.06. The number of rotatable bonds is 4. The lowest BCUT2D eigenvalue weighted by atomic mass is 9.76. The summed E-state index contributed by atoms with van der Waals surface area (Å²) in [6, 6.07) is 10.3. The van der Waals surface area contributed by atoms with Crippen LogP contribution in [0.1, 0.15) is 42.7 Å². The maximum Gasteiger partial charge on any atom is 0.325 e. The minimum absolute atomic E-state index is 0.320. The summed E-state index contributed by atoms with van der Waals surface area (Å²) in [7, 11) is 0. The molecule has 2 heterocycles. The van der Waals surface area contributed by atoms with Crippen LogP contribution in [0.5, 0.6) is 0 Å². The van der Waals surface area contributed by atoms with Crippen molar-refractivity contribution in [2.75, 3.05) is 6.54 Å². The zero-order valence-electron chi connectivity index (χ0n) is 15.0. The zero-order chi connectivity index (χ0) is 19.0. The Labute approximate surface area is 156 Å². The lowest BCUT2D eigenvalue weighted by Crippen LogP contribution is -2.47. The van der Waals surface area contributed by atoms with Crippen LogP contribution in [0.2, 0.25) is 0 Å². The van der Waals surface area contributed by atoms with Gasteiger partial charge in [-0.1, -0.05) is 24.3 Å². The molecule has 1 aromatic carbocycles. The Hall–Kier alpha value is -3.09. The first-order valence-electron chi connectivity index (χ1n) is 9.06. The minimum Gasteiger partial charge on any atom is -0.467 e. The van der Waals surface area contributed by atoms with Gasteiger partial charge in [0, 0.05) is 0 Å². The van der Waals surface area contributed by atoms with Gasteiger partial charge in [0.25, 0.3) is 5.91 Å². The van der Waals surface area contributed by atoms with E-state index in [0.717, 1.165) is 28.9 Å². The van der Waals surface area contributed by atoms with E-state index in [4.69, 9.17) is 4.42 Å². The van der Waals surface area contributed by atoms with Crippen molar-refractivity contribution in [1.29, 1.82) is 0 Å². The van der Waals surface area contributed by atoms with Crippen molar-refractivity contribution >= 4 is 17.8 Å². The number of fused-ring (bicyclic) bond motifs is 2. The Morgan fingerprint density at radius 1 is 1.30 bits per heavy atom. The standard InChI is InChI=1S/C20H21N3O4/c1-13(16-9-5-11-27-16)21-17(24)12-23-18(25)20(22-19(23)26)10-4-7-14-6-2-3-8-15(14)20/h2-3,5-6,8-9,11,13H,4,7,10,12H2,1H3,(H,21,24)(H,22,26)/t13-,20-/m1/s1. The molecule has 1 aliphatic carbocycles. The second-order valence-electron chi connectivity index (χ2n) is 7.04. The Kier molecular flexibility index (Phi) is 4.22. The molecule has 1 aliphatic heterocycles. The molecule has 27 heavy (non-hydrogen) atoms. The molecule has 1 spiro atoms. The fraction of sp³-hybridized carbons (Fsp3) is 0.350. The fourth-order valence-electron chi connectivity index (χ4n) is 3.99. The van der Waals surface area contributed by atoms with Gasteiger partial charge in [0.1, 0.15) is 17.8 Å². The number of carbonyl (C=O) groups is 3. The van der Waals surface area contributed by atoms with Crippen LogP contribution in [0.3, 0.4) is 0 Å². The van der Waals surface area contributed by atoms with E-state index in [9.17, 15) is 14.4 Å². The average molecular weight is 367 g/mol. The molecule has 0 radical (unpaired) electrons. The summed E-state index contributed by atoms with van der Waals surface area (Å²) in [5.41, 5.74) is 0.843. The van der Waals surface area contributed by atoms with E-state index in [1.807, 2.05) is 24.3 Å². The zero-order valence-corrected chi connectivity index (χ0v) is 15.0. The van der Waals surface area contributed by atoms with Crippen molar-refractivity contribution < 1.29 is 18.8 Å². The van der Waals surface area contributed by atoms with Crippen LogP contribution in [0.25, 0.3) is 0 Å². The largest absolute Gasteiger partial charge is 0.467 e. The van der Waals surface area contributed by atoms with E-state index in [0.29, 0.717) is 12.2 Å². The number of benzene rings is 1. The number of carbonyl (C=O) groups excluding carboxylic acids is 3. The summed E-state index contributed by atoms with van der Waals surface area (Å²) in [5, 5.41) is 5.60. The van der Waals surface area contributed by atoms with Crippen LogP contribution in [0, 0.1) is 0 Å². The number of imide groups is 1. The molecular weight excluding hydrogens is 346 g/mol. The number of furan rings is 1. The van der Waals surface area contributed by atoms with Gasteiger partial charge in [-0.3, -0.25) is 14.5 Å². The summed E-state index contributed by atoms with van der Waals surface area (Å²) in [4.78, 5) is 39.1. The van der Waals surface area contributed by atoms with Gasteiger partial charge in [0.15, 0.2) is 0 Å². The monoisotopic (exact) mass is 367 g/mol. The highest BCUT2D eigenvalue weighted by molar-refractivity contribution is 6.09. The highest BCUT2D eigenvalue weighted by Gasteiger charge is 2.54. The molecule has 1 fully saturated rings. The van der Waals surface area contributed by atoms with Crippen molar-refractivity contribution in [3.8, 4) is 0 Å². The van der Waals surface area contributed by atoms with Crippen LogP contribution in [0.15, 0.2) is 47.1 Å².